The number of nitrogens with two attached hydrogens (primary N) is 1. The maximum absolute atomic E-state index is 12.8. The van der Waals surface area contributed by atoms with Gasteiger partial charge in [0.25, 0.3) is 0 Å². The molecule has 21 heavy (non-hydrogen) atoms. The molecule has 0 heterocycles. The predicted octanol–water partition coefficient (Wildman–Crippen LogP) is 3.71. The lowest BCUT2D eigenvalue weighted by atomic mass is 9.85. The standard InChI is InChI=1S/C14H18F3N3O/c15-14(16,17)9-3-1-4-10(7-9)19-11-5-2-6-12(8-11)20-13(18)21/h2,5-6,8-10,19H,1,3-4,7H2,(H3,18,20,21). The highest BCUT2D eigenvalue weighted by atomic mass is 19.4. The second-order valence-corrected chi connectivity index (χ2v) is 5.32. The molecule has 1 aliphatic rings. The number of carbonyl (C=O) groups is 1. The fourth-order valence-electron chi connectivity index (χ4n) is 2.68. The van der Waals surface area contributed by atoms with Crippen molar-refractivity contribution in [1.29, 1.82) is 0 Å². The molecule has 0 bridgehead atoms. The van der Waals surface area contributed by atoms with Gasteiger partial charge in [0.2, 0.25) is 0 Å². The van der Waals surface area contributed by atoms with Crippen LogP contribution >= 0.6 is 0 Å². The number of alkyl halides is 3. The smallest absolute Gasteiger partial charge is 0.382 e. The molecule has 1 saturated carbocycles. The van der Waals surface area contributed by atoms with Gasteiger partial charge in [-0.15, -0.1) is 0 Å². The average molecular weight is 301 g/mol. The summed E-state index contributed by atoms with van der Waals surface area (Å²) in [6.07, 6.45) is -2.58. The van der Waals surface area contributed by atoms with Crippen molar-refractivity contribution >= 4 is 17.4 Å². The molecule has 1 aliphatic carbocycles. The fraction of sp³-hybridized carbons (Fsp3) is 0.500. The van der Waals surface area contributed by atoms with Crippen LogP contribution in [0.15, 0.2) is 24.3 Å². The first-order valence-electron chi connectivity index (χ1n) is 6.84. The van der Waals surface area contributed by atoms with Crippen LogP contribution < -0.4 is 16.4 Å². The van der Waals surface area contributed by atoms with E-state index in [9.17, 15) is 18.0 Å². The van der Waals surface area contributed by atoms with Gasteiger partial charge < -0.3 is 16.4 Å². The molecule has 4 N–H and O–H groups in total. The number of hydrogen-bond acceptors (Lipinski definition) is 2. The third kappa shape index (κ3) is 4.54. The van der Waals surface area contributed by atoms with E-state index in [1.807, 2.05) is 0 Å². The Kier molecular flexibility index (Phi) is 4.59. The number of rotatable bonds is 3. The van der Waals surface area contributed by atoms with Crippen LogP contribution in [0.4, 0.5) is 29.3 Å². The minimum atomic E-state index is -4.13. The number of nitrogens with one attached hydrogen (secondary N) is 2. The molecule has 2 atom stereocenters. The minimum absolute atomic E-state index is 0.0803. The zero-order valence-corrected chi connectivity index (χ0v) is 11.4. The zero-order chi connectivity index (χ0) is 15.5. The molecule has 0 radical (unpaired) electrons. The number of primary amides is 1. The minimum Gasteiger partial charge on any atom is -0.382 e. The molecule has 0 aromatic heterocycles. The number of carbonyl (C=O) groups excluding carboxylic acids is 1. The Morgan fingerprint density at radius 1 is 1.24 bits per heavy atom. The van der Waals surface area contributed by atoms with Crippen LogP contribution in [0.3, 0.4) is 0 Å². The van der Waals surface area contributed by atoms with Gasteiger partial charge in [0.15, 0.2) is 0 Å². The SMILES string of the molecule is NC(=O)Nc1cccc(NC2CCCC(C(F)(F)F)C2)c1. The van der Waals surface area contributed by atoms with E-state index in [1.54, 1.807) is 24.3 Å². The monoisotopic (exact) mass is 301 g/mol. The normalized spacial score (nSPS) is 22.6. The van der Waals surface area contributed by atoms with Gasteiger partial charge in [-0.2, -0.15) is 13.2 Å². The molecule has 1 fully saturated rings. The molecule has 0 aliphatic heterocycles. The van der Waals surface area contributed by atoms with Crippen molar-refractivity contribution in [3.05, 3.63) is 24.3 Å². The quantitative estimate of drug-likeness (QED) is 0.796. The molecule has 116 valence electrons. The predicted molar refractivity (Wildman–Crippen MR) is 75.1 cm³/mol. The second kappa shape index (κ2) is 6.24. The van der Waals surface area contributed by atoms with Gasteiger partial charge in [0.1, 0.15) is 0 Å². The van der Waals surface area contributed by atoms with Gasteiger partial charge in [-0.25, -0.2) is 4.79 Å². The van der Waals surface area contributed by atoms with Gasteiger partial charge in [-0.3, -0.25) is 0 Å². The van der Waals surface area contributed by atoms with Crippen LogP contribution in [0.2, 0.25) is 0 Å². The lowest BCUT2D eigenvalue weighted by Gasteiger charge is -2.31. The molecule has 2 unspecified atom stereocenters. The topological polar surface area (TPSA) is 67.2 Å². The van der Waals surface area contributed by atoms with Crippen LogP contribution in [0.25, 0.3) is 0 Å². The first kappa shape index (κ1) is 15.5. The summed E-state index contributed by atoms with van der Waals surface area (Å²) >= 11 is 0. The Hall–Kier alpha value is -1.92. The molecule has 2 amide bonds. The lowest BCUT2D eigenvalue weighted by Crippen LogP contribution is -2.34. The van der Waals surface area contributed by atoms with Crippen molar-refractivity contribution in [2.24, 2.45) is 11.7 Å². The number of amides is 2. The Bertz CT molecular complexity index is 504. The van der Waals surface area contributed by atoms with Crippen LogP contribution in [-0.4, -0.2) is 18.2 Å². The molecule has 7 heteroatoms. The highest BCUT2D eigenvalue weighted by Gasteiger charge is 2.42. The Morgan fingerprint density at radius 3 is 2.62 bits per heavy atom. The summed E-state index contributed by atoms with van der Waals surface area (Å²) in [5.41, 5.74) is 6.21. The summed E-state index contributed by atoms with van der Waals surface area (Å²) in [4.78, 5) is 10.8. The fourth-order valence-corrected chi connectivity index (χ4v) is 2.68. The van der Waals surface area contributed by atoms with Crippen LogP contribution in [0.1, 0.15) is 25.7 Å². The van der Waals surface area contributed by atoms with E-state index in [1.165, 1.54) is 0 Å². The molecule has 2 rings (SSSR count). The molecule has 4 nitrogen and oxygen atoms in total. The summed E-state index contributed by atoms with van der Waals surface area (Å²) in [7, 11) is 0. The molecular weight excluding hydrogens is 283 g/mol. The van der Waals surface area contributed by atoms with E-state index in [0.29, 0.717) is 24.2 Å². The first-order valence-corrected chi connectivity index (χ1v) is 6.84. The largest absolute Gasteiger partial charge is 0.391 e. The van der Waals surface area contributed by atoms with Crippen molar-refractivity contribution < 1.29 is 18.0 Å². The van der Waals surface area contributed by atoms with Crippen molar-refractivity contribution in [2.75, 3.05) is 10.6 Å². The molecule has 0 saturated heterocycles. The lowest BCUT2D eigenvalue weighted by molar-refractivity contribution is -0.182. The highest BCUT2D eigenvalue weighted by molar-refractivity contribution is 5.88. The van der Waals surface area contributed by atoms with E-state index in [-0.39, 0.29) is 18.9 Å². The number of anilines is 2. The Balaban J connectivity index is 1.99. The number of halogens is 3. The maximum Gasteiger partial charge on any atom is 0.391 e. The van der Waals surface area contributed by atoms with Gasteiger partial charge in [0.05, 0.1) is 5.92 Å². The van der Waals surface area contributed by atoms with E-state index < -0.39 is 18.1 Å². The summed E-state index contributed by atoms with van der Waals surface area (Å²) in [6.45, 7) is 0. The van der Waals surface area contributed by atoms with Crippen molar-refractivity contribution in [3.63, 3.8) is 0 Å². The van der Waals surface area contributed by atoms with Gasteiger partial charge in [-0.05, 0) is 37.5 Å². The number of hydrogen-bond donors (Lipinski definition) is 3. The van der Waals surface area contributed by atoms with E-state index in [2.05, 4.69) is 10.6 Å². The van der Waals surface area contributed by atoms with Crippen molar-refractivity contribution in [2.45, 2.75) is 37.9 Å². The average Bonchev–Trinajstić information content (AvgIpc) is 2.37. The first-order chi connectivity index (χ1) is 9.84. The van der Waals surface area contributed by atoms with E-state index >= 15 is 0 Å². The molecule has 1 aromatic rings. The summed E-state index contributed by atoms with van der Waals surface area (Å²) < 4.78 is 38.3. The molecule has 0 spiro atoms. The van der Waals surface area contributed by atoms with Gasteiger partial charge in [-0.1, -0.05) is 12.5 Å². The molecule has 1 aromatic carbocycles. The van der Waals surface area contributed by atoms with E-state index in [0.717, 1.165) is 0 Å². The third-order valence-corrected chi connectivity index (χ3v) is 3.64. The number of benzene rings is 1. The van der Waals surface area contributed by atoms with Crippen LogP contribution in [-0.2, 0) is 0 Å². The summed E-state index contributed by atoms with van der Waals surface area (Å²) in [6, 6.07) is 5.88. The zero-order valence-electron chi connectivity index (χ0n) is 11.4. The van der Waals surface area contributed by atoms with Crippen LogP contribution in [0.5, 0.6) is 0 Å². The molecular formula is C14H18F3N3O. The summed E-state index contributed by atoms with van der Waals surface area (Å²) in [5.74, 6) is -1.24. The van der Waals surface area contributed by atoms with Crippen LogP contribution in [0, 0.1) is 5.92 Å². The second-order valence-electron chi connectivity index (χ2n) is 5.32. The Morgan fingerprint density at radius 2 is 1.95 bits per heavy atom. The highest BCUT2D eigenvalue weighted by Crippen LogP contribution is 2.38. The maximum atomic E-state index is 12.8. The van der Waals surface area contributed by atoms with Crippen molar-refractivity contribution in [1.82, 2.24) is 0 Å². The van der Waals surface area contributed by atoms with E-state index in [4.69, 9.17) is 5.73 Å². The third-order valence-electron chi connectivity index (χ3n) is 3.64. The summed E-state index contributed by atoms with van der Waals surface area (Å²) in [5, 5.41) is 5.54. The Labute approximate surface area is 120 Å². The van der Waals surface area contributed by atoms with Gasteiger partial charge >= 0.3 is 12.2 Å². The van der Waals surface area contributed by atoms with Crippen molar-refractivity contribution in [3.8, 4) is 0 Å². The van der Waals surface area contributed by atoms with Gasteiger partial charge in [0, 0.05) is 17.4 Å². The number of urea groups is 1.